The third-order valence-corrected chi connectivity index (χ3v) is 4.13. The van der Waals surface area contributed by atoms with Gasteiger partial charge < -0.3 is 15.0 Å². The van der Waals surface area contributed by atoms with Crippen LogP contribution in [0.5, 0.6) is 5.75 Å². The fraction of sp³-hybridized carbons (Fsp3) is 0.368. The zero-order chi connectivity index (χ0) is 18.4. The molecule has 2 N–H and O–H groups in total. The molecule has 0 bridgehead atoms. The van der Waals surface area contributed by atoms with E-state index in [-0.39, 0.29) is 18.0 Å². The second-order valence-electron chi connectivity index (χ2n) is 6.08. The lowest BCUT2D eigenvalue weighted by Gasteiger charge is -2.10. The number of carbonyl (C=O) groups is 1. The summed E-state index contributed by atoms with van der Waals surface area (Å²) in [6.45, 7) is 6.30. The normalized spacial score (nSPS) is 10.6. The molecule has 0 aliphatic heterocycles. The maximum atomic E-state index is 11.9. The molecular weight excluding hydrogens is 340 g/mol. The Balaban J connectivity index is 1.75. The van der Waals surface area contributed by atoms with Crippen LogP contribution in [0, 0.1) is 20.8 Å². The number of rotatable bonds is 7. The molecule has 0 saturated carbocycles. The van der Waals surface area contributed by atoms with Crippen molar-refractivity contribution >= 4 is 17.5 Å². The third-order valence-electron chi connectivity index (χ3n) is 3.90. The molecule has 2 rings (SSSR count). The van der Waals surface area contributed by atoms with Crippen molar-refractivity contribution in [2.45, 2.75) is 40.2 Å². The van der Waals surface area contributed by atoms with E-state index in [9.17, 15) is 9.59 Å². The number of hydrogen-bond acceptors (Lipinski definition) is 3. The van der Waals surface area contributed by atoms with Gasteiger partial charge in [0, 0.05) is 29.2 Å². The summed E-state index contributed by atoms with van der Waals surface area (Å²) in [6, 6.07) is 7.33. The summed E-state index contributed by atoms with van der Waals surface area (Å²) in [7, 11) is 0. The van der Waals surface area contributed by atoms with Gasteiger partial charge in [-0.2, -0.15) is 0 Å². The lowest BCUT2D eigenvalue weighted by Crippen LogP contribution is -2.28. The van der Waals surface area contributed by atoms with Crippen LogP contribution in [0.3, 0.4) is 0 Å². The second kappa shape index (κ2) is 8.72. The Hall–Kier alpha value is -2.27. The number of aromatic amines is 1. The molecule has 134 valence electrons. The van der Waals surface area contributed by atoms with Gasteiger partial charge in [-0.3, -0.25) is 9.59 Å². The lowest BCUT2D eigenvalue weighted by atomic mass is 10.1. The van der Waals surface area contributed by atoms with Gasteiger partial charge >= 0.3 is 0 Å². The molecule has 0 spiro atoms. The fourth-order valence-electron chi connectivity index (χ4n) is 2.57. The van der Waals surface area contributed by atoms with Gasteiger partial charge in [0.15, 0.2) is 0 Å². The SMILES string of the molecule is Cc1cc(C)c(CNC(=O)CCCOc2ccc(Cl)cc2C)c(=O)[nH]1. The Morgan fingerprint density at radius 1 is 1.20 bits per heavy atom. The monoisotopic (exact) mass is 362 g/mol. The maximum Gasteiger partial charge on any atom is 0.253 e. The van der Waals surface area contributed by atoms with Crippen LogP contribution in [0.15, 0.2) is 29.1 Å². The number of benzene rings is 1. The van der Waals surface area contributed by atoms with E-state index in [2.05, 4.69) is 10.3 Å². The molecule has 0 radical (unpaired) electrons. The molecular formula is C19H23ClN2O3. The van der Waals surface area contributed by atoms with Gasteiger partial charge in [-0.15, -0.1) is 0 Å². The molecule has 1 aromatic carbocycles. The molecule has 2 aromatic rings. The Morgan fingerprint density at radius 2 is 1.96 bits per heavy atom. The number of halogens is 1. The molecule has 0 aliphatic rings. The second-order valence-corrected chi connectivity index (χ2v) is 6.52. The van der Waals surface area contributed by atoms with Gasteiger partial charge in [0.2, 0.25) is 5.91 Å². The van der Waals surface area contributed by atoms with E-state index in [1.807, 2.05) is 39.0 Å². The highest BCUT2D eigenvalue weighted by Gasteiger charge is 2.08. The van der Waals surface area contributed by atoms with E-state index in [0.29, 0.717) is 30.0 Å². The van der Waals surface area contributed by atoms with Crippen LogP contribution in [0.1, 0.15) is 35.2 Å². The van der Waals surface area contributed by atoms with E-state index < -0.39 is 0 Å². The van der Waals surface area contributed by atoms with Gasteiger partial charge in [0.05, 0.1) is 6.61 Å². The highest BCUT2D eigenvalue weighted by Crippen LogP contribution is 2.21. The van der Waals surface area contributed by atoms with E-state index >= 15 is 0 Å². The molecule has 0 atom stereocenters. The number of hydrogen-bond donors (Lipinski definition) is 2. The number of nitrogens with one attached hydrogen (secondary N) is 2. The minimum Gasteiger partial charge on any atom is -0.493 e. The summed E-state index contributed by atoms with van der Waals surface area (Å²) in [5.41, 5.74) is 3.09. The Bertz CT molecular complexity index is 815. The van der Waals surface area contributed by atoms with Gasteiger partial charge in [-0.05, 0) is 62.6 Å². The highest BCUT2D eigenvalue weighted by atomic mass is 35.5. The van der Waals surface area contributed by atoms with Crippen molar-refractivity contribution in [1.82, 2.24) is 10.3 Å². The lowest BCUT2D eigenvalue weighted by molar-refractivity contribution is -0.121. The first kappa shape index (κ1) is 19.1. The average molecular weight is 363 g/mol. The summed E-state index contributed by atoms with van der Waals surface area (Å²) in [5, 5.41) is 3.46. The molecule has 0 unspecified atom stereocenters. The molecule has 0 fully saturated rings. The number of aryl methyl sites for hydroxylation is 3. The summed E-state index contributed by atoms with van der Waals surface area (Å²) in [6.07, 6.45) is 0.937. The van der Waals surface area contributed by atoms with E-state index in [1.165, 1.54) is 0 Å². The van der Waals surface area contributed by atoms with Gasteiger partial charge in [0.1, 0.15) is 5.75 Å². The van der Waals surface area contributed by atoms with Crippen LogP contribution in [-0.2, 0) is 11.3 Å². The summed E-state index contributed by atoms with van der Waals surface area (Å²) >= 11 is 5.90. The number of amides is 1. The number of carbonyl (C=O) groups excluding carboxylic acids is 1. The van der Waals surface area contributed by atoms with Gasteiger partial charge in [0.25, 0.3) is 5.56 Å². The number of ether oxygens (including phenoxy) is 1. The van der Waals surface area contributed by atoms with Crippen LogP contribution in [0.25, 0.3) is 0 Å². The molecule has 25 heavy (non-hydrogen) atoms. The molecule has 1 aromatic heterocycles. The predicted octanol–water partition coefficient (Wildman–Crippen LogP) is 3.43. The van der Waals surface area contributed by atoms with Crippen molar-refractivity contribution in [3.63, 3.8) is 0 Å². The van der Waals surface area contributed by atoms with E-state index in [1.54, 1.807) is 6.07 Å². The number of aromatic nitrogens is 1. The minimum atomic E-state index is -0.153. The molecule has 1 heterocycles. The molecule has 0 aliphatic carbocycles. The zero-order valence-electron chi connectivity index (χ0n) is 14.7. The largest absolute Gasteiger partial charge is 0.493 e. The number of pyridine rings is 1. The maximum absolute atomic E-state index is 11.9. The van der Waals surface area contributed by atoms with Crippen LogP contribution in [0.2, 0.25) is 5.02 Å². The highest BCUT2D eigenvalue weighted by molar-refractivity contribution is 6.30. The first-order chi connectivity index (χ1) is 11.9. The van der Waals surface area contributed by atoms with Crippen LogP contribution < -0.4 is 15.6 Å². The van der Waals surface area contributed by atoms with Crippen molar-refractivity contribution < 1.29 is 9.53 Å². The first-order valence-corrected chi connectivity index (χ1v) is 8.59. The van der Waals surface area contributed by atoms with E-state index in [0.717, 1.165) is 22.6 Å². The topological polar surface area (TPSA) is 71.2 Å². The first-order valence-electron chi connectivity index (χ1n) is 8.22. The molecule has 1 amide bonds. The molecule has 6 heteroatoms. The van der Waals surface area contributed by atoms with Crippen LogP contribution >= 0.6 is 11.6 Å². The Labute approximate surface area is 152 Å². The summed E-state index contributed by atoms with van der Waals surface area (Å²) in [4.78, 5) is 26.6. The number of H-pyrrole nitrogens is 1. The van der Waals surface area contributed by atoms with Crippen molar-refractivity contribution in [3.8, 4) is 5.75 Å². The third kappa shape index (κ3) is 5.64. The van der Waals surface area contributed by atoms with Crippen LogP contribution in [-0.4, -0.2) is 17.5 Å². The minimum absolute atomic E-state index is 0.101. The average Bonchev–Trinajstić information content (AvgIpc) is 2.52. The van der Waals surface area contributed by atoms with Crippen molar-refractivity contribution in [2.75, 3.05) is 6.61 Å². The van der Waals surface area contributed by atoms with Crippen LogP contribution in [0.4, 0.5) is 0 Å². The van der Waals surface area contributed by atoms with Gasteiger partial charge in [-0.1, -0.05) is 11.6 Å². The standard InChI is InChI=1S/C19H23ClN2O3/c1-12-9-14(3)22-19(24)16(12)11-21-18(23)5-4-8-25-17-7-6-15(20)10-13(17)2/h6-7,9-10H,4-5,8,11H2,1-3H3,(H,21,23)(H,22,24). The quantitative estimate of drug-likeness (QED) is 0.741. The molecule has 5 nitrogen and oxygen atoms in total. The Kier molecular flexibility index (Phi) is 6.65. The molecule has 0 saturated heterocycles. The van der Waals surface area contributed by atoms with E-state index in [4.69, 9.17) is 16.3 Å². The van der Waals surface area contributed by atoms with Gasteiger partial charge in [-0.25, -0.2) is 0 Å². The summed E-state index contributed by atoms with van der Waals surface area (Å²) < 4.78 is 5.66. The van der Waals surface area contributed by atoms with Crippen molar-refractivity contribution in [1.29, 1.82) is 0 Å². The predicted molar refractivity (Wildman–Crippen MR) is 99.3 cm³/mol. The fourth-order valence-corrected chi connectivity index (χ4v) is 2.79. The van der Waals surface area contributed by atoms with Crippen molar-refractivity contribution in [3.05, 3.63) is 62.0 Å². The zero-order valence-corrected chi connectivity index (χ0v) is 15.5. The smallest absolute Gasteiger partial charge is 0.253 e. The Morgan fingerprint density at radius 3 is 2.64 bits per heavy atom. The summed E-state index contributed by atoms with van der Waals surface area (Å²) in [5.74, 6) is 0.669. The van der Waals surface area contributed by atoms with Crippen molar-refractivity contribution in [2.24, 2.45) is 0 Å².